The molecule has 0 amide bonds. The molecule has 2 atom stereocenters. The highest BCUT2D eigenvalue weighted by molar-refractivity contribution is 7.47. The van der Waals surface area contributed by atoms with Gasteiger partial charge in [0, 0.05) is 13.0 Å². The van der Waals surface area contributed by atoms with Crippen LogP contribution in [-0.2, 0) is 23.1 Å². The van der Waals surface area contributed by atoms with Crippen LogP contribution in [0.2, 0.25) is 0 Å². The van der Waals surface area contributed by atoms with E-state index < -0.39 is 26.5 Å². The fourth-order valence-electron chi connectivity index (χ4n) is 2.58. The van der Waals surface area contributed by atoms with Crippen LogP contribution < -0.4 is 5.73 Å². The highest BCUT2D eigenvalue weighted by Gasteiger charge is 2.22. The van der Waals surface area contributed by atoms with Crippen LogP contribution in [0.4, 0.5) is 0 Å². The molecule has 8 nitrogen and oxygen atoms in total. The number of phosphoric ester groups is 1. The van der Waals surface area contributed by atoms with Crippen LogP contribution in [0.5, 0.6) is 0 Å². The number of aliphatic hydroxyl groups excluding tert-OH is 1. The van der Waals surface area contributed by atoms with Crippen LogP contribution in [0.1, 0.15) is 71.1 Å². The molecule has 32 heavy (non-hydrogen) atoms. The van der Waals surface area contributed by atoms with Gasteiger partial charge in [0.15, 0.2) is 0 Å². The Bertz CT molecular complexity index is 593. The maximum atomic E-state index is 11.7. The van der Waals surface area contributed by atoms with Crippen molar-refractivity contribution in [3.63, 3.8) is 0 Å². The van der Waals surface area contributed by atoms with Crippen molar-refractivity contribution in [1.29, 1.82) is 0 Å². The van der Waals surface area contributed by atoms with Gasteiger partial charge in [-0.15, -0.1) is 0 Å². The number of aliphatic hydroxyl groups is 1. The van der Waals surface area contributed by atoms with Gasteiger partial charge in [0.25, 0.3) is 0 Å². The zero-order valence-electron chi connectivity index (χ0n) is 19.4. The van der Waals surface area contributed by atoms with Crippen LogP contribution >= 0.6 is 7.82 Å². The summed E-state index contributed by atoms with van der Waals surface area (Å²) in [6, 6.07) is 0. The molecule has 0 bridgehead atoms. The summed E-state index contributed by atoms with van der Waals surface area (Å²) in [5.74, 6) is -0.406. The largest absolute Gasteiger partial charge is 0.472 e. The van der Waals surface area contributed by atoms with Gasteiger partial charge in [0.1, 0.15) is 12.7 Å². The molecule has 0 saturated carbocycles. The lowest BCUT2D eigenvalue weighted by Gasteiger charge is -2.15. The standard InChI is InChI=1S/C23H42NO7P/c1-2-3-4-5-6-7-8-9-10-11-12-13-14-15-16-17-23(26)29-20-22(25)21-31-32(27,28)30-19-18-24/h3-4,6-7,9-10,22,25H,2,5,8,11-21,24H2,1H3,(H,27,28)/b4-3+,7-6+,10-9+/t22-/m1/s1. The number of allylic oxidation sites excluding steroid dienone is 6. The summed E-state index contributed by atoms with van der Waals surface area (Å²) in [5, 5.41) is 9.66. The molecular weight excluding hydrogens is 433 g/mol. The van der Waals surface area contributed by atoms with Gasteiger partial charge in [-0.1, -0.05) is 62.6 Å². The Hall–Kier alpha value is -1.28. The summed E-state index contributed by atoms with van der Waals surface area (Å²) in [6.45, 7) is 1.29. The molecule has 0 aliphatic heterocycles. The monoisotopic (exact) mass is 475 g/mol. The molecule has 0 fully saturated rings. The molecule has 0 aliphatic carbocycles. The second kappa shape index (κ2) is 21.6. The van der Waals surface area contributed by atoms with E-state index in [1.807, 2.05) is 0 Å². The van der Waals surface area contributed by atoms with E-state index in [-0.39, 0.29) is 26.2 Å². The maximum absolute atomic E-state index is 11.7. The van der Waals surface area contributed by atoms with E-state index in [0.29, 0.717) is 0 Å². The molecule has 0 aromatic carbocycles. The van der Waals surface area contributed by atoms with Gasteiger partial charge in [-0.05, 0) is 38.5 Å². The Morgan fingerprint density at radius 1 is 0.938 bits per heavy atom. The predicted molar refractivity (Wildman–Crippen MR) is 127 cm³/mol. The first-order chi connectivity index (χ1) is 15.4. The molecule has 0 aromatic heterocycles. The van der Waals surface area contributed by atoms with E-state index in [9.17, 15) is 19.4 Å². The Labute approximate surface area is 193 Å². The number of esters is 1. The maximum Gasteiger partial charge on any atom is 0.472 e. The first-order valence-corrected chi connectivity index (χ1v) is 13.0. The lowest BCUT2D eigenvalue weighted by Crippen LogP contribution is -2.23. The Balaban J connectivity index is 3.57. The molecule has 0 aromatic rings. The lowest BCUT2D eigenvalue weighted by molar-refractivity contribution is -0.147. The molecule has 1 unspecified atom stereocenters. The van der Waals surface area contributed by atoms with Gasteiger partial charge in [0.05, 0.1) is 13.2 Å². The van der Waals surface area contributed by atoms with Crippen molar-refractivity contribution >= 4 is 13.8 Å². The summed E-state index contributed by atoms with van der Waals surface area (Å²) in [4.78, 5) is 21.0. The number of unbranched alkanes of at least 4 members (excludes halogenated alkanes) is 5. The summed E-state index contributed by atoms with van der Waals surface area (Å²) in [5.41, 5.74) is 5.16. The van der Waals surface area contributed by atoms with Gasteiger partial charge in [0.2, 0.25) is 0 Å². The van der Waals surface area contributed by atoms with Crippen LogP contribution in [-0.4, -0.2) is 48.4 Å². The molecule has 0 saturated heterocycles. The normalized spacial score (nSPS) is 15.0. The SMILES string of the molecule is CC/C=C/C/C=C/C/C=C/CCCCCCCC(=O)OC[C@@H](O)COP(=O)(O)OCCN. The van der Waals surface area contributed by atoms with Crippen molar-refractivity contribution in [1.82, 2.24) is 0 Å². The van der Waals surface area contributed by atoms with Crippen molar-refractivity contribution in [2.24, 2.45) is 5.73 Å². The van der Waals surface area contributed by atoms with E-state index in [1.54, 1.807) is 0 Å². The average molecular weight is 476 g/mol. The van der Waals surface area contributed by atoms with Crippen molar-refractivity contribution in [3.05, 3.63) is 36.5 Å². The minimum atomic E-state index is -4.25. The van der Waals surface area contributed by atoms with Gasteiger partial charge in [-0.3, -0.25) is 13.8 Å². The molecule has 0 spiro atoms. The Morgan fingerprint density at radius 3 is 2.25 bits per heavy atom. The lowest BCUT2D eigenvalue weighted by atomic mass is 10.1. The zero-order chi connectivity index (χ0) is 23.9. The van der Waals surface area contributed by atoms with Crippen molar-refractivity contribution in [2.45, 2.75) is 77.2 Å². The molecule has 0 heterocycles. The van der Waals surface area contributed by atoms with Crippen LogP contribution in [0.3, 0.4) is 0 Å². The summed E-state index contributed by atoms with van der Waals surface area (Å²) in [6.07, 6.45) is 21.4. The van der Waals surface area contributed by atoms with Gasteiger partial charge in [-0.25, -0.2) is 4.57 Å². The Morgan fingerprint density at radius 2 is 1.56 bits per heavy atom. The van der Waals surface area contributed by atoms with E-state index in [0.717, 1.165) is 57.8 Å². The quantitative estimate of drug-likeness (QED) is 0.0953. The molecule has 0 radical (unpaired) electrons. The highest BCUT2D eigenvalue weighted by Crippen LogP contribution is 2.42. The fourth-order valence-corrected chi connectivity index (χ4v) is 3.35. The number of hydrogen-bond acceptors (Lipinski definition) is 7. The third-order valence-corrected chi connectivity index (χ3v) is 5.26. The topological polar surface area (TPSA) is 128 Å². The Kier molecular flexibility index (Phi) is 20.7. The van der Waals surface area contributed by atoms with E-state index in [2.05, 4.69) is 52.4 Å². The van der Waals surface area contributed by atoms with E-state index >= 15 is 0 Å². The predicted octanol–water partition coefficient (Wildman–Crippen LogP) is 4.57. The molecule has 0 aliphatic rings. The van der Waals surface area contributed by atoms with Crippen LogP contribution in [0.25, 0.3) is 0 Å². The summed E-state index contributed by atoms with van der Waals surface area (Å²) < 4.78 is 25.5. The van der Waals surface area contributed by atoms with E-state index in [1.165, 1.54) is 0 Å². The number of nitrogens with two attached hydrogens (primary N) is 1. The molecule has 0 rings (SSSR count). The molecule has 4 N–H and O–H groups in total. The number of carbonyl (C=O) groups excluding carboxylic acids is 1. The third kappa shape index (κ3) is 21.9. The highest BCUT2D eigenvalue weighted by atomic mass is 31.2. The van der Waals surface area contributed by atoms with Crippen molar-refractivity contribution < 1.29 is 33.1 Å². The fraction of sp³-hybridized carbons (Fsp3) is 0.696. The minimum absolute atomic E-state index is 0.0700. The zero-order valence-corrected chi connectivity index (χ0v) is 20.3. The number of carbonyl (C=O) groups is 1. The first kappa shape index (κ1) is 30.7. The molecular formula is C23H42NO7P. The number of phosphoric acid groups is 1. The first-order valence-electron chi connectivity index (χ1n) is 11.5. The van der Waals surface area contributed by atoms with E-state index in [4.69, 9.17) is 10.5 Å². The van der Waals surface area contributed by atoms with Crippen molar-refractivity contribution in [3.8, 4) is 0 Å². The van der Waals surface area contributed by atoms with Gasteiger partial charge >= 0.3 is 13.8 Å². The second-order valence-electron chi connectivity index (χ2n) is 7.32. The average Bonchev–Trinajstić information content (AvgIpc) is 2.77. The van der Waals surface area contributed by atoms with Crippen LogP contribution in [0.15, 0.2) is 36.5 Å². The smallest absolute Gasteiger partial charge is 0.463 e. The third-order valence-electron chi connectivity index (χ3n) is 4.27. The van der Waals surface area contributed by atoms with Crippen LogP contribution in [0, 0.1) is 0 Å². The summed E-state index contributed by atoms with van der Waals surface area (Å²) in [7, 11) is -4.25. The minimum Gasteiger partial charge on any atom is -0.463 e. The van der Waals surface area contributed by atoms with Crippen molar-refractivity contribution in [2.75, 3.05) is 26.4 Å². The molecule has 9 heteroatoms. The van der Waals surface area contributed by atoms with Gasteiger partial charge in [-0.2, -0.15) is 0 Å². The number of hydrogen-bond donors (Lipinski definition) is 3. The number of rotatable bonds is 21. The molecule has 186 valence electrons. The number of ether oxygens (including phenoxy) is 1. The second-order valence-corrected chi connectivity index (χ2v) is 8.78. The van der Waals surface area contributed by atoms with Gasteiger partial charge < -0.3 is 20.5 Å². The summed E-state index contributed by atoms with van der Waals surface area (Å²) >= 11 is 0.